The molecule has 0 atom stereocenters. The van der Waals surface area contributed by atoms with Crippen molar-refractivity contribution in [3.8, 4) is 0 Å². The molecule has 1 heterocycles. The molecule has 2 rings (SSSR count). The zero-order valence-electron chi connectivity index (χ0n) is 16.5. The average molecular weight is 391 g/mol. The molecule has 0 aliphatic rings. The Morgan fingerprint density at radius 3 is 2.44 bits per heavy atom. The Balaban J connectivity index is 2.16. The summed E-state index contributed by atoms with van der Waals surface area (Å²) in [6.07, 6.45) is 3.11. The number of carbonyl (C=O) groups is 1. The number of aromatic nitrogens is 2. The second kappa shape index (κ2) is 7.66. The summed E-state index contributed by atoms with van der Waals surface area (Å²) in [5.74, 6) is -0.351. The molecular formula is C19H26N4O3S. The van der Waals surface area contributed by atoms with Gasteiger partial charge in [0.05, 0.1) is 10.6 Å². The largest absolute Gasteiger partial charge is 0.322 e. The van der Waals surface area contributed by atoms with Crippen molar-refractivity contribution in [1.82, 2.24) is 14.5 Å². The number of hydrogen-bond donors (Lipinski definition) is 2. The molecule has 0 fully saturated rings. The highest BCUT2D eigenvalue weighted by molar-refractivity contribution is 7.89. The van der Waals surface area contributed by atoms with Gasteiger partial charge in [0.15, 0.2) is 0 Å². The molecule has 1 amide bonds. The predicted molar refractivity (Wildman–Crippen MR) is 107 cm³/mol. The number of sulfonamides is 1. The summed E-state index contributed by atoms with van der Waals surface area (Å²) in [6.45, 7) is 9.10. The smallest absolute Gasteiger partial charge is 0.248 e. The van der Waals surface area contributed by atoms with Crippen molar-refractivity contribution in [2.75, 3.05) is 5.32 Å². The molecule has 7 nitrogen and oxygen atoms in total. The molecule has 2 aromatic rings. The second-order valence-electron chi connectivity index (χ2n) is 7.41. The van der Waals surface area contributed by atoms with Gasteiger partial charge in [-0.05, 0) is 58.9 Å². The molecule has 0 spiro atoms. The number of nitrogens with zero attached hydrogens (tertiary/aromatic N) is 2. The standard InChI is InChI=1S/C19H26N4O3S/c1-13-17(14(2)23(6)21-13)10-11-18(24)20-15-8-7-9-16(12-15)27(25,26)22-19(3,4)5/h7-12,22H,1-6H3,(H,20,24)/b11-10+. The zero-order chi connectivity index (χ0) is 20.4. The lowest BCUT2D eigenvalue weighted by atomic mass is 10.1. The Labute approximate surface area is 160 Å². The zero-order valence-corrected chi connectivity index (χ0v) is 17.3. The van der Waals surface area contributed by atoms with E-state index in [2.05, 4.69) is 15.1 Å². The number of anilines is 1. The Kier molecular flexibility index (Phi) is 5.91. The van der Waals surface area contributed by atoms with Crippen LogP contribution in [0.3, 0.4) is 0 Å². The highest BCUT2D eigenvalue weighted by Gasteiger charge is 2.22. The van der Waals surface area contributed by atoms with E-state index in [1.807, 2.05) is 20.9 Å². The van der Waals surface area contributed by atoms with Crippen LogP contribution in [0.4, 0.5) is 5.69 Å². The molecule has 0 aliphatic carbocycles. The van der Waals surface area contributed by atoms with E-state index in [-0.39, 0.29) is 10.8 Å². The number of hydrogen-bond acceptors (Lipinski definition) is 4. The van der Waals surface area contributed by atoms with Crippen LogP contribution < -0.4 is 10.0 Å². The van der Waals surface area contributed by atoms with Crippen LogP contribution in [0.1, 0.15) is 37.7 Å². The van der Waals surface area contributed by atoms with E-state index in [0.29, 0.717) is 5.69 Å². The van der Waals surface area contributed by atoms with Gasteiger partial charge in [-0.2, -0.15) is 5.10 Å². The third-order valence-corrected chi connectivity index (χ3v) is 5.57. The molecule has 0 radical (unpaired) electrons. The van der Waals surface area contributed by atoms with E-state index in [1.165, 1.54) is 18.2 Å². The van der Waals surface area contributed by atoms with Gasteiger partial charge in [-0.25, -0.2) is 13.1 Å². The minimum atomic E-state index is -3.67. The topological polar surface area (TPSA) is 93.1 Å². The predicted octanol–water partition coefficient (Wildman–Crippen LogP) is 2.77. The first kappa shape index (κ1) is 20.9. The van der Waals surface area contributed by atoms with Gasteiger partial charge in [0, 0.05) is 35.6 Å². The first-order chi connectivity index (χ1) is 12.4. The first-order valence-electron chi connectivity index (χ1n) is 8.52. The summed E-state index contributed by atoms with van der Waals surface area (Å²) >= 11 is 0. The Hall–Kier alpha value is -2.45. The van der Waals surface area contributed by atoms with Crippen molar-refractivity contribution >= 4 is 27.7 Å². The fourth-order valence-corrected chi connectivity index (χ4v) is 4.04. The van der Waals surface area contributed by atoms with Gasteiger partial charge in [-0.1, -0.05) is 6.07 Å². The van der Waals surface area contributed by atoms with Crippen LogP contribution >= 0.6 is 0 Å². The lowest BCUT2D eigenvalue weighted by Crippen LogP contribution is -2.40. The van der Waals surface area contributed by atoms with E-state index >= 15 is 0 Å². The second-order valence-corrected chi connectivity index (χ2v) is 9.10. The minimum Gasteiger partial charge on any atom is -0.322 e. The highest BCUT2D eigenvalue weighted by Crippen LogP contribution is 2.18. The fraction of sp³-hybridized carbons (Fsp3) is 0.368. The van der Waals surface area contributed by atoms with E-state index in [0.717, 1.165) is 17.0 Å². The molecule has 0 aliphatic heterocycles. The average Bonchev–Trinajstić information content (AvgIpc) is 2.76. The van der Waals surface area contributed by atoms with Gasteiger partial charge in [0.25, 0.3) is 0 Å². The molecule has 0 bridgehead atoms. The maximum absolute atomic E-state index is 12.4. The molecule has 2 N–H and O–H groups in total. The molecule has 1 aromatic carbocycles. The summed E-state index contributed by atoms with van der Waals surface area (Å²) in [6, 6.07) is 6.15. The number of rotatable bonds is 5. The number of carbonyl (C=O) groups excluding carboxylic acids is 1. The number of benzene rings is 1. The maximum Gasteiger partial charge on any atom is 0.248 e. The van der Waals surface area contributed by atoms with E-state index in [9.17, 15) is 13.2 Å². The lowest BCUT2D eigenvalue weighted by molar-refractivity contribution is -0.111. The summed E-state index contributed by atoms with van der Waals surface area (Å²) in [5, 5.41) is 6.99. The first-order valence-corrected chi connectivity index (χ1v) is 10.0. The van der Waals surface area contributed by atoms with Crippen LogP contribution in [-0.4, -0.2) is 29.6 Å². The third kappa shape index (κ3) is 5.51. The highest BCUT2D eigenvalue weighted by atomic mass is 32.2. The van der Waals surface area contributed by atoms with E-state index in [1.54, 1.807) is 43.7 Å². The van der Waals surface area contributed by atoms with Crippen LogP contribution in [0.25, 0.3) is 6.08 Å². The fourth-order valence-electron chi connectivity index (χ4n) is 2.58. The van der Waals surface area contributed by atoms with Crippen LogP contribution in [0.15, 0.2) is 35.2 Å². The van der Waals surface area contributed by atoms with Gasteiger partial charge in [-0.3, -0.25) is 9.48 Å². The molecule has 1 aromatic heterocycles. The van der Waals surface area contributed by atoms with Crippen molar-refractivity contribution in [3.05, 3.63) is 47.3 Å². The summed E-state index contributed by atoms with van der Waals surface area (Å²) in [7, 11) is -1.83. The van der Waals surface area contributed by atoms with Crippen molar-refractivity contribution in [1.29, 1.82) is 0 Å². The quantitative estimate of drug-likeness (QED) is 0.768. The molecule has 0 saturated heterocycles. The monoisotopic (exact) mass is 390 g/mol. The minimum absolute atomic E-state index is 0.0955. The molecular weight excluding hydrogens is 364 g/mol. The van der Waals surface area contributed by atoms with Crippen molar-refractivity contribution in [2.45, 2.75) is 45.1 Å². The van der Waals surface area contributed by atoms with Crippen LogP contribution in [-0.2, 0) is 21.9 Å². The number of nitrogens with one attached hydrogen (secondary N) is 2. The normalized spacial score (nSPS) is 12.5. The molecule has 27 heavy (non-hydrogen) atoms. The van der Waals surface area contributed by atoms with Gasteiger partial charge < -0.3 is 5.32 Å². The summed E-state index contributed by atoms with van der Waals surface area (Å²) < 4.78 is 29.2. The Morgan fingerprint density at radius 1 is 1.22 bits per heavy atom. The third-order valence-electron chi connectivity index (χ3n) is 3.82. The maximum atomic E-state index is 12.4. The van der Waals surface area contributed by atoms with Gasteiger partial charge in [0.2, 0.25) is 15.9 Å². The summed E-state index contributed by atoms with van der Waals surface area (Å²) in [5.41, 5.74) is 2.48. The number of amides is 1. The number of aryl methyl sites for hydroxylation is 2. The molecule has 0 unspecified atom stereocenters. The van der Waals surface area contributed by atoms with Gasteiger partial charge in [0.1, 0.15) is 0 Å². The van der Waals surface area contributed by atoms with E-state index in [4.69, 9.17) is 0 Å². The Morgan fingerprint density at radius 2 is 1.89 bits per heavy atom. The lowest BCUT2D eigenvalue weighted by Gasteiger charge is -2.20. The Bertz CT molecular complexity index is 983. The van der Waals surface area contributed by atoms with E-state index < -0.39 is 15.6 Å². The van der Waals surface area contributed by atoms with Crippen LogP contribution in [0.2, 0.25) is 0 Å². The summed E-state index contributed by atoms with van der Waals surface area (Å²) in [4.78, 5) is 12.3. The molecule has 146 valence electrons. The van der Waals surface area contributed by atoms with Crippen LogP contribution in [0.5, 0.6) is 0 Å². The van der Waals surface area contributed by atoms with Crippen LogP contribution in [0, 0.1) is 13.8 Å². The molecule has 8 heteroatoms. The van der Waals surface area contributed by atoms with Crippen molar-refractivity contribution in [3.63, 3.8) is 0 Å². The van der Waals surface area contributed by atoms with Crippen molar-refractivity contribution in [2.24, 2.45) is 7.05 Å². The van der Waals surface area contributed by atoms with Gasteiger partial charge >= 0.3 is 0 Å². The van der Waals surface area contributed by atoms with Crippen molar-refractivity contribution < 1.29 is 13.2 Å². The van der Waals surface area contributed by atoms with Gasteiger partial charge in [-0.15, -0.1) is 0 Å². The molecule has 0 saturated carbocycles. The SMILES string of the molecule is Cc1nn(C)c(C)c1/C=C/C(=O)Nc1cccc(S(=O)(=O)NC(C)(C)C)c1.